The minimum Gasteiger partial charge on any atom is -0.491 e. The van der Waals surface area contributed by atoms with Crippen LogP contribution in [0.3, 0.4) is 0 Å². The van der Waals surface area contributed by atoms with E-state index in [1.54, 1.807) is 11.3 Å². The fourth-order valence-electron chi connectivity index (χ4n) is 1.82. The Morgan fingerprint density at radius 3 is 2.95 bits per heavy atom. The number of thiophene rings is 1. The number of ether oxygens (including phenoxy) is 1. The summed E-state index contributed by atoms with van der Waals surface area (Å²) in [4.78, 5) is 5.90. The van der Waals surface area contributed by atoms with Crippen LogP contribution in [0.25, 0.3) is 0 Å². The number of nitrogens with zero attached hydrogens (tertiary/aromatic N) is 1. The third-order valence-electron chi connectivity index (χ3n) is 2.80. The monoisotopic (exact) mass is 276 g/mol. The largest absolute Gasteiger partial charge is 0.491 e. The number of hydrogen-bond donors (Lipinski definition) is 1. The van der Waals surface area contributed by atoms with Crippen LogP contribution in [0.4, 0.5) is 0 Å². The van der Waals surface area contributed by atoms with Crippen molar-refractivity contribution in [3.05, 3.63) is 45.9 Å². The van der Waals surface area contributed by atoms with Crippen LogP contribution in [0.1, 0.15) is 23.2 Å². The van der Waals surface area contributed by atoms with Crippen LogP contribution < -0.4 is 10.1 Å². The normalized spacial score (nSPS) is 10.6. The highest BCUT2D eigenvalue weighted by Crippen LogP contribution is 2.18. The molecule has 102 valence electrons. The van der Waals surface area contributed by atoms with Crippen molar-refractivity contribution in [2.45, 2.75) is 26.8 Å². The molecule has 2 aromatic rings. The second-order valence-electron chi connectivity index (χ2n) is 4.36. The minimum absolute atomic E-state index is 0.699. The van der Waals surface area contributed by atoms with E-state index in [0.29, 0.717) is 6.61 Å². The number of aryl methyl sites for hydroxylation is 1. The first-order valence-electron chi connectivity index (χ1n) is 6.62. The predicted octanol–water partition coefficient (Wildman–Crippen LogP) is 3.18. The summed E-state index contributed by atoms with van der Waals surface area (Å²) in [6.45, 7) is 6.49. The van der Waals surface area contributed by atoms with Crippen molar-refractivity contribution in [2.24, 2.45) is 0 Å². The topological polar surface area (TPSA) is 34.2 Å². The molecule has 0 saturated heterocycles. The van der Waals surface area contributed by atoms with Crippen LogP contribution in [0.5, 0.6) is 5.75 Å². The van der Waals surface area contributed by atoms with E-state index in [1.807, 2.05) is 19.1 Å². The van der Waals surface area contributed by atoms with Crippen LogP contribution in [0.2, 0.25) is 0 Å². The van der Waals surface area contributed by atoms with Gasteiger partial charge in [0, 0.05) is 23.5 Å². The maximum Gasteiger partial charge on any atom is 0.142 e. The molecule has 2 heterocycles. The fourth-order valence-corrected chi connectivity index (χ4v) is 2.51. The van der Waals surface area contributed by atoms with Crippen molar-refractivity contribution >= 4 is 11.3 Å². The van der Waals surface area contributed by atoms with Crippen molar-refractivity contribution in [3.63, 3.8) is 0 Å². The predicted molar refractivity (Wildman–Crippen MR) is 79.9 cm³/mol. The van der Waals surface area contributed by atoms with Crippen molar-refractivity contribution in [3.8, 4) is 5.75 Å². The van der Waals surface area contributed by atoms with Crippen LogP contribution in [-0.2, 0) is 13.0 Å². The van der Waals surface area contributed by atoms with Crippen LogP contribution in [0.15, 0.2) is 29.6 Å². The Hall–Kier alpha value is -1.39. The third kappa shape index (κ3) is 4.33. The lowest BCUT2D eigenvalue weighted by molar-refractivity contribution is 0.316. The van der Waals surface area contributed by atoms with Gasteiger partial charge in [-0.2, -0.15) is 0 Å². The van der Waals surface area contributed by atoms with Crippen molar-refractivity contribution in [2.75, 3.05) is 13.2 Å². The van der Waals surface area contributed by atoms with E-state index < -0.39 is 0 Å². The molecule has 0 aliphatic carbocycles. The fraction of sp³-hybridized carbons (Fsp3) is 0.400. The van der Waals surface area contributed by atoms with Gasteiger partial charge in [0.25, 0.3) is 0 Å². The summed E-state index contributed by atoms with van der Waals surface area (Å²) in [5.41, 5.74) is 2.02. The van der Waals surface area contributed by atoms with E-state index in [0.717, 1.165) is 36.6 Å². The Balaban J connectivity index is 1.94. The van der Waals surface area contributed by atoms with Crippen molar-refractivity contribution in [1.29, 1.82) is 0 Å². The van der Waals surface area contributed by atoms with Crippen molar-refractivity contribution < 1.29 is 4.74 Å². The molecular formula is C15H20N2OS. The zero-order valence-corrected chi connectivity index (χ0v) is 12.3. The molecule has 0 aromatic carbocycles. The SMILES string of the molecule is CCNCc1nc(C)ccc1OCCc1cccs1. The van der Waals surface area contributed by atoms with Gasteiger partial charge < -0.3 is 10.1 Å². The maximum atomic E-state index is 5.87. The minimum atomic E-state index is 0.699. The summed E-state index contributed by atoms with van der Waals surface area (Å²) in [7, 11) is 0. The first kappa shape index (κ1) is 14.0. The second-order valence-corrected chi connectivity index (χ2v) is 5.39. The van der Waals surface area contributed by atoms with Gasteiger partial charge in [-0.25, -0.2) is 0 Å². The average Bonchev–Trinajstić information content (AvgIpc) is 2.91. The number of hydrogen-bond acceptors (Lipinski definition) is 4. The van der Waals surface area contributed by atoms with E-state index in [4.69, 9.17) is 4.74 Å². The molecule has 0 spiro atoms. The molecule has 2 rings (SSSR count). The molecule has 0 fully saturated rings. The Morgan fingerprint density at radius 2 is 2.21 bits per heavy atom. The molecule has 0 radical (unpaired) electrons. The molecule has 0 aliphatic rings. The molecule has 0 atom stereocenters. The number of rotatable bonds is 7. The molecule has 0 unspecified atom stereocenters. The zero-order valence-electron chi connectivity index (χ0n) is 11.5. The zero-order chi connectivity index (χ0) is 13.5. The highest BCUT2D eigenvalue weighted by molar-refractivity contribution is 7.09. The lowest BCUT2D eigenvalue weighted by Gasteiger charge is -2.11. The number of aromatic nitrogens is 1. The van der Waals surface area contributed by atoms with Gasteiger partial charge in [0.2, 0.25) is 0 Å². The van der Waals surface area contributed by atoms with Gasteiger partial charge in [-0.05, 0) is 37.0 Å². The third-order valence-corrected chi connectivity index (χ3v) is 3.74. The van der Waals surface area contributed by atoms with E-state index >= 15 is 0 Å². The molecule has 0 aliphatic heterocycles. The van der Waals surface area contributed by atoms with E-state index in [2.05, 4.69) is 34.7 Å². The van der Waals surface area contributed by atoms with Gasteiger partial charge in [-0.15, -0.1) is 11.3 Å². The summed E-state index contributed by atoms with van der Waals surface area (Å²) >= 11 is 1.77. The smallest absolute Gasteiger partial charge is 0.142 e. The van der Waals surface area contributed by atoms with E-state index in [-0.39, 0.29) is 0 Å². The van der Waals surface area contributed by atoms with Crippen LogP contribution in [0, 0.1) is 6.92 Å². The standard InChI is InChI=1S/C15H20N2OS/c1-3-16-11-14-15(7-6-12(2)17-14)18-9-8-13-5-4-10-19-13/h4-7,10,16H,3,8-9,11H2,1-2H3. The molecular weight excluding hydrogens is 256 g/mol. The van der Waals surface area contributed by atoms with E-state index in [1.165, 1.54) is 4.88 Å². The quantitative estimate of drug-likeness (QED) is 0.843. The van der Waals surface area contributed by atoms with Gasteiger partial charge in [-0.1, -0.05) is 13.0 Å². The van der Waals surface area contributed by atoms with Crippen LogP contribution in [-0.4, -0.2) is 18.1 Å². The highest BCUT2D eigenvalue weighted by Gasteiger charge is 2.05. The highest BCUT2D eigenvalue weighted by atomic mass is 32.1. The van der Waals surface area contributed by atoms with Gasteiger partial charge in [0.1, 0.15) is 5.75 Å². The first-order valence-corrected chi connectivity index (χ1v) is 7.50. The second kappa shape index (κ2) is 7.26. The molecule has 19 heavy (non-hydrogen) atoms. The Kier molecular flexibility index (Phi) is 5.36. The number of nitrogens with one attached hydrogen (secondary N) is 1. The number of pyridine rings is 1. The molecule has 3 nitrogen and oxygen atoms in total. The molecule has 2 aromatic heterocycles. The lowest BCUT2D eigenvalue weighted by atomic mass is 10.2. The van der Waals surface area contributed by atoms with Gasteiger partial charge in [0.05, 0.1) is 12.3 Å². The lowest BCUT2D eigenvalue weighted by Crippen LogP contribution is -2.15. The maximum absolute atomic E-state index is 5.87. The Morgan fingerprint density at radius 1 is 1.32 bits per heavy atom. The molecule has 4 heteroatoms. The van der Waals surface area contributed by atoms with Crippen molar-refractivity contribution in [1.82, 2.24) is 10.3 Å². The average molecular weight is 276 g/mol. The summed E-state index contributed by atoms with van der Waals surface area (Å²) in [5, 5.41) is 5.39. The van der Waals surface area contributed by atoms with Gasteiger partial charge >= 0.3 is 0 Å². The Labute approximate surface area is 118 Å². The summed E-state index contributed by atoms with van der Waals surface area (Å²) < 4.78 is 5.87. The summed E-state index contributed by atoms with van der Waals surface area (Å²) in [6, 6.07) is 8.23. The van der Waals surface area contributed by atoms with Gasteiger partial charge in [0.15, 0.2) is 0 Å². The molecule has 1 N–H and O–H groups in total. The summed E-state index contributed by atoms with van der Waals surface area (Å²) in [5.74, 6) is 0.892. The molecule has 0 saturated carbocycles. The summed E-state index contributed by atoms with van der Waals surface area (Å²) in [6.07, 6.45) is 0.951. The molecule has 0 bridgehead atoms. The first-order chi connectivity index (χ1) is 9.29. The molecule has 0 amide bonds. The Bertz CT molecular complexity index is 497. The van der Waals surface area contributed by atoms with Gasteiger partial charge in [-0.3, -0.25) is 4.98 Å². The van der Waals surface area contributed by atoms with Crippen LogP contribution >= 0.6 is 11.3 Å². The van der Waals surface area contributed by atoms with E-state index in [9.17, 15) is 0 Å².